The third-order valence-corrected chi connectivity index (χ3v) is 1.22. The molecular weight excluding hydrogens is 167 g/mol. The summed E-state index contributed by atoms with van der Waals surface area (Å²) in [5, 5.41) is -0.407. The van der Waals surface area contributed by atoms with Crippen LogP contribution in [0.4, 0.5) is 4.39 Å². The van der Waals surface area contributed by atoms with E-state index in [9.17, 15) is 9.18 Å². The highest BCUT2D eigenvalue weighted by atomic mass is 35.5. The molecule has 3 heteroatoms. The molecule has 60 valence electrons. The van der Waals surface area contributed by atoms with Gasteiger partial charge in [-0.15, -0.1) is 0 Å². The van der Waals surface area contributed by atoms with Crippen molar-refractivity contribution in [1.82, 2.24) is 0 Å². The Morgan fingerprint density at radius 1 is 1.27 bits per heavy atom. The molecule has 0 amide bonds. The van der Waals surface area contributed by atoms with E-state index in [4.69, 9.17) is 11.6 Å². The normalized spacial score (nSPS) is 7.91. The molecule has 0 aliphatic carbocycles. The Kier molecular flexibility index (Phi) is 5.39. The summed E-state index contributed by atoms with van der Waals surface area (Å²) in [4.78, 5) is 10.4. The van der Waals surface area contributed by atoms with Gasteiger partial charge in [0.05, 0.1) is 7.18 Å². The third-order valence-electron chi connectivity index (χ3n) is 1.00. The number of halogens is 2. The smallest absolute Gasteiger partial charge is 0.252 e. The number of benzene rings is 1. The lowest BCUT2D eigenvalue weighted by Crippen LogP contribution is -1.84. The van der Waals surface area contributed by atoms with Gasteiger partial charge in [0.2, 0.25) is 0 Å². The average molecular weight is 175 g/mol. The van der Waals surface area contributed by atoms with Crippen molar-refractivity contribution in [1.29, 1.82) is 0 Å². The molecule has 0 fully saturated rings. The molecule has 1 nitrogen and oxygen atoms in total. The van der Waals surface area contributed by atoms with Gasteiger partial charge in [-0.1, -0.05) is 30.3 Å². The molecule has 0 bridgehead atoms. The second-order valence-corrected chi connectivity index (χ2v) is 1.98. The Balaban J connectivity index is 0.000000461. The van der Waals surface area contributed by atoms with Crippen LogP contribution in [0.2, 0.25) is 0 Å². The lowest BCUT2D eigenvalue weighted by Gasteiger charge is -1.87. The summed E-state index contributed by atoms with van der Waals surface area (Å²) >= 11 is 5.16. The maximum absolute atomic E-state index is 10.4. The fourth-order valence-corrected chi connectivity index (χ4v) is 0.695. The van der Waals surface area contributed by atoms with Crippen LogP contribution >= 0.6 is 11.6 Å². The van der Waals surface area contributed by atoms with E-state index in [1.807, 2.05) is 6.07 Å². The van der Waals surface area contributed by atoms with Gasteiger partial charge in [0.25, 0.3) is 5.24 Å². The van der Waals surface area contributed by atoms with E-state index in [-0.39, 0.29) is 0 Å². The first-order valence-electron chi connectivity index (χ1n) is 2.93. The first kappa shape index (κ1) is 10.1. The van der Waals surface area contributed by atoms with Gasteiger partial charge in [-0.3, -0.25) is 9.18 Å². The van der Waals surface area contributed by atoms with Gasteiger partial charge in [-0.05, 0) is 11.6 Å². The fourth-order valence-electron chi connectivity index (χ4n) is 0.569. The SMILES string of the molecule is CF.O=C(Cl)c1ccccc1. The predicted octanol–water partition coefficient (Wildman–Crippen LogP) is 2.65. The predicted molar refractivity (Wildman–Crippen MR) is 43.7 cm³/mol. The molecule has 0 saturated carbocycles. The highest BCUT2D eigenvalue weighted by molar-refractivity contribution is 6.67. The summed E-state index contributed by atoms with van der Waals surface area (Å²) in [6.07, 6.45) is 0. The number of carbonyl (C=O) groups is 1. The van der Waals surface area contributed by atoms with Crippen molar-refractivity contribution < 1.29 is 9.18 Å². The van der Waals surface area contributed by atoms with Crippen LogP contribution in [0.1, 0.15) is 10.4 Å². The summed E-state index contributed by atoms with van der Waals surface area (Å²) in [5.41, 5.74) is 0.541. The molecule has 0 aliphatic heterocycles. The van der Waals surface area contributed by atoms with Crippen LogP contribution in [0.5, 0.6) is 0 Å². The van der Waals surface area contributed by atoms with E-state index < -0.39 is 5.24 Å². The minimum absolute atomic E-state index is 0.407. The van der Waals surface area contributed by atoms with Gasteiger partial charge in [0.1, 0.15) is 0 Å². The zero-order chi connectivity index (χ0) is 8.69. The maximum atomic E-state index is 10.4. The van der Waals surface area contributed by atoms with Crippen LogP contribution < -0.4 is 0 Å². The number of hydrogen-bond donors (Lipinski definition) is 0. The van der Waals surface area contributed by atoms with Gasteiger partial charge in [0.15, 0.2) is 0 Å². The van der Waals surface area contributed by atoms with Crippen molar-refractivity contribution in [3.05, 3.63) is 35.9 Å². The molecule has 0 heterocycles. The van der Waals surface area contributed by atoms with Crippen LogP contribution in [-0.4, -0.2) is 12.4 Å². The van der Waals surface area contributed by atoms with Crippen molar-refractivity contribution in [3.8, 4) is 0 Å². The molecule has 11 heavy (non-hydrogen) atoms. The topological polar surface area (TPSA) is 17.1 Å². The molecule has 0 saturated heterocycles. The molecule has 0 aromatic heterocycles. The van der Waals surface area contributed by atoms with Gasteiger partial charge < -0.3 is 0 Å². The van der Waals surface area contributed by atoms with Crippen LogP contribution in [0, 0.1) is 0 Å². The summed E-state index contributed by atoms with van der Waals surface area (Å²) in [5.74, 6) is 0. The highest BCUT2D eigenvalue weighted by Crippen LogP contribution is 2.01. The molecule has 0 radical (unpaired) electrons. The van der Waals surface area contributed by atoms with Crippen molar-refractivity contribution in [2.24, 2.45) is 0 Å². The Labute approximate surface area is 69.8 Å². The first-order chi connectivity index (χ1) is 5.30. The largest absolute Gasteiger partial charge is 0.276 e. The molecule has 1 rings (SSSR count). The number of alkyl halides is 1. The monoisotopic (exact) mass is 174 g/mol. The second-order valence-electron chi connectivity index (χ2n) is 1.64. The first-order valence-corrected chi connectivity index (χ1v) is 3.31. The van der Waals surface area contributed by atoms with Crippen molar-refractivity contribution in [3.63, 3.8) is 0 Å². The minimum Gasteiger partial charge on any atom is -0.276 e. The van der Waals surface area contributed by atoms with Crippen molar-refractivity contribution in [2.45, 2.75) is 0 Å². The molecule has 0 unspecified atom stereocenters. The molecule has 0 spiro atoms. The molecule has 0 atom stereocenters. The third kappa shape index (κ3) is 3.73. The molecule has 1 aromatic carbocycles. The molecular formula is C8H8ClFO. The lowest BCUT2D eigenvalue weighted by atomic mass is 10.2. The van der Waals surface area contributed by atoms with Crippen LogP contribution in [0.15, 0.2) is 30.3 Å². The number of rotatable bonds is 1. The second kappa shape index (κ2) is 5.86. The highest BCUT2D eigenvalue weighted by Gasteiger charge is 1.95. The van der Waals surface area contributed by atoms with E-state index in [1.165, 1.54) is 0 Å². The van der Waals surface area contributed by atoms with Gasteiger partial charge >= 0.3 is 0 Å². The average Bonchev–Trinajstić information content (AvgIpc) is 2.10. The zero-order valence-corrected chi connectivity index (χ0v) is 6.81. The maximum Gasteiger partial charge on any atom is 0.252 e. The molecule has 0 N–H and O–H groups in total. The summed E-state index contributed by atoms with van der Waals surface area (Å²) < 4.78 is 9.50. The standard InChI is InChI=1S/C7H5ClO.CH3F/c8-7(9)6-4-2-1-3-5-6;1-2/h1-5H;1H3. The van der Waals surface area contributed by atoms with E-state index in [2.05, 4.69) is 0 Å². The van der Waals surface area contributed by atoms with E-state index in [1.54, 1.807) is 24.3 Å². The van der Waals surface area contributed by atoms with Gasteiger partial charge in [-0.25, -0.2) is 0 Å². The fraction of sp³-hybridized carbons (Fsp3) is 0.125. The summed E-state index contributed by atoms with van der Waals surface area (Å²) in [7, 11) is 0.500. The van der Waals surface area contributed by atoms with Crippen LogP contribution in [-0.2, 0) is 0 Å². The van der Waals surface area contributed by atoms with Crippen molar-refractivity contribution >= 4 is 16.8 Å². The zero-order valence-electron chi connectivity index (χ0n) is 6.05. The number of hydrogen-bond acceptors (Lipinski definition) is 1. The Bertz CT molecular complexity index is 211. The van der Waals surface area contributed by atoms with Crippen LogP contribution in [0.3, 0.4) is 0 Å². The lowest BCUT2D eigenvalue weighted by molar-refractivity contribution is 0.108. The van der Waals surface area contributed by atoms with Crippen molar-refractivity contribution in [2.75, 3.05) is 7.18 Å². The Morgan fingerprint density at radius 3 is 2.00 bits per heavy atom. The Morgan fingerprint density at radius 2 is 1.73 bits per heavy atom. The molecule has 1 aromatic rings. The molecule has 0 aliphatic rings. The van der Waals surface area contributed by atoms with Gasteiger partial charge in [-0.2, -0.15) is 0 Å². The quantitative estimate of drug-likeness (QED) is 0.599. The summed E-state index contributed by atoms with van der Waals surface area (Å²) in [6.45, 7) is 0. The van der Waals surface area contributed by atoms with E-state index in [0.29, 0.717) is 12.7 Å². The number of carbonyl (C=O) groups excluding carboxylic acids is 1. The Hall–Kier alpha value is -0.890. The summed E-state index contributed by atoms with van der Waals surface area (Å²) in [6, 6.07) is 8.74. The van der Waals surface area contributed by atoms with E-state index in [0.717, 1.165) is 0 Å². The van der Waals surface area contributed by atoms with Gasteiger partial charge in [0, 0.05) is 5.56 Å². The van der Waals surface area contributed by atoms with E-state index >= 15 is 0 Å². The minimum atomic E-state index is -0.407. The van der Waals surface area contributed by atoms with Crippen LogP contribution in [0.25, 0.3) is 0 Å².